The molecule has 0 spiro atoms. The summed E-state index contributed by atoms with van der Waals surface area (Å²) in [4.78, 5) is 17.3. The molecule has 0 fully saturated rings. The van der Waals surface area contributed by atoms with Crippen LogP contribution in [0.25, 0.3) is 5.65 Å². The Bertz CT molecular complexity index is 711. The molecule has 3 heterocycles. The van der Waals surface area contributed by atoms with Gasteiger partial charge in [0.15, 0.2) is 0 Å². The average Bonchev–Trinajstić information content (AvgIpc) is 3.04. The zero-order valence-corrected chi connectivity index (χ0v) is 12.0. The molecule has 0 atom stereocenters. The monoisotopic (exact) mass is 285 g/mol. The fourth-order valence-electron chi connectivity index (χ4n) is 2.10. The largest absolute Gasteiger partial charge is 0.351 e. The molecule has 0 saturated heterocycles. The van der Waals surface area contributed by atoms with Crippen LogP contribution in [0.3, 0.4) is 0 Å². The number of carbonyl (C=O) groups excluding carboxylic acids is 1. The third-order valence-electron chi connectivity index (χ3n) is 3.15. The van der Waals surface area contributed by atoms with Crippen molar-refractivity contribution in [2.24, 2.45) is 0 Å². The summed E-state index contributed by atoms with van der Waals surface area (Å²) in [6, 6.07) is 7.87. The highest BCUT2D eigenvalue weighted by Crippen LogP contribution is 2.14. The number of imidazole rings is 1. The summed E-state index contributed by atoms with van der Waals surface area (Å²) < 4.78 is 1.99. The Labute approximate surface area is 121 Å². The van der Waals surface area contributed by atoms with E-state index >= 15 is 0 Å². The first-order valence-electron chi connectivity index (χ1n) is 6.49. The molecule has 5 heteroatoms. The van der Waals surface area contributed by atoms with E-state index in [1.54, 1.807) is 0 Å². The molecule has 0 bridgehead atoms. The summed E-state index contributed by atoms with van der Waals surface area (Å²) in [5.41, 5.74) is 2.95. The van der Waals surface area contributed by atoms with Crippen LogP contribution in [0.2, 0.25) is 0 Å². The predicted molar refractivity (Wildman–Crippen MR) is 80.3 cm³/mol. The highest BCUT2D eigenvalue weighted by atomic mass is 32.1. The van der Waals surface area contributed by atoms with Gasteiger partial charge in [0.05, 0.1) is 10.6 Å². The van der Waals surface area contributed by atoms with Gasteiger partial charge >= 0.3 is 0 Å². The van der Waals surface area contributed by atoms with Crippen molar-refractivity contribution in [1.29, 1.82) is 0 Å². The number of hydrogen-bond donors (Lipinski definition) is 1. The molecule has 0 radical (unpaired) electrons. The number of pyridine rings is 1. The van der Waals surface area contributed by atoms with E-state index < -0.39 is 0 Å². The van der Waals surface area contributed by atoms with E-state index in [1.807, 2.05) is 53.4 Å². The van der Waals surface area contributed by atoms with Gasteiger partial charge in [-0.2, -0.15) is 0 Å². The summed E-state index contributed by atoms with van der Waals surface area (Å²) in [6.45, 7) is 2.55. The van der Waals surface area contributed by atoms with Gasteiger partial charge in [-0.05, 0) is 36.1 Å². The van der Waals surface area contributed by atoms with Gasteiger partial charge in [-0.1, -0.05) is 6.07 Å². The van der Waals surface area contributed by atoms with Gasteiger partial charge in [0.2, 0.25) is 0 Å². The van der Waals surface area contributed by atoms with Crippen molar-refractivity contribution in [2.45, 2.75) is 13.3 Å². The van der Waals surface area contributed by atoms with E-state index in [2.05, 4.69) is 10.3 Å². The quantitative estimate of drug-likeness (QED) is 0.801. The van der Waals surface area contributed by atoms with Crippen LogP contribution in [0.4, 0.5) is 0 Å². The molecule has 1 amide bonds. The summed E-state index contributed by atoms with van der Waals surface area (Å²) in [6.07, 6.45) is 4.70. The van der Waals surface area contributed by atoms with E-state index in [0.29, 0.717) is 6.54 Å². The maximum absolute atomic E-state index is 12.0. The number of thiophene rings is 1. The Morgan fingerprint density at radius 1 is 1.40 bits per heavy atom. The van der Waals surface area contributed by atoms with Gasteiger partial charge in [0.25, 0.3) is 5.91 Å². The Hall–Kier alpha value is -2.14. The first kappa shape index (κ1) is 12.9. The molecule has 0 aliphatic carbocycles. The van der Waals surface area contributed by atoms with Crippen molar-refractivity contribution < 1.29 is 4.79 Å². The van der Waals surface area contributed by atoms with E-state index in [0.717, 1.165) is 28.2 Å². The van der Waals surface area contributed by atoms with Gasteiger partial charge < -0.3 is 9.72 Å². The Kier molecular flexibility index (Phi) is 3.52. The molecule has 0 unspecified atom stereocenters. The standard InChI is InChI=1S/C15H15N3OS/c1-11-6-9-20-14(11)15(19)16-7-5-12-10-18-8-3-2-4-13(18)17-12/h2-4,6,8-10H,5,7H2,1H3,(H,16,19). The average molecular weight is 285 g/mol. The lowest BCUT2D eigenvalue weighted by Gasteiger charge is -2.02. The van der Waals surface area contributed by atoms with Crippen LogP contribution in [0.1, 0.15) is 20.9 Å². The summed E-state index contributed by atoms with van der Waals surface area (Å²) in [5, 5.41) is 4.88. The third-order valence-corrected chi connectivity index (χ3v) is 4.16. The lowest BCUT2D eigenvalue weighted by atomic mass is 10.2. The van der Waals surface area contributed by atoms with Crippen LogP contribution >= 0.6 is 11.3 Å². The lowest BCUT2D eigenvalue weighted by Crippen LogP contribution is -2.25. The number of amides is 1. The Morgan fingerprint density at radius 3 is 3.05 bits per heavy atom. The smallest absolute Gasteiger partial charge is 0.261 e. The van der Waals surface area contributed by atoms with Gasteiger partial charge in [0.1, 0.15) is 5.65 Å². The van der Waals surface area contributed by atoms with Crippen LogP contribution in [-0.2, 0) is 6.42 Å². The Morgan fingerprint density at radius 2 is 2.30 bits per heavy atom. The fourth-order valence-corrected chi connectivity index (χ4v) is 2.94. The zero-order valence-electron chi connectivity index (χ0n) is 11.2. The molecule has 0 aliphatic heterocycles. The molecule has 20 heavy (non-hydrogen) atoms. The molecular weight excluding hydrogens is 270 g/mol. The molecule has 3 rings (SSSR count). The minimum absolute atomic E-state index is 0.00117. The first-order valence-corrected chi connectivity index (χ1v) is 7.37. The number of nitrogens with zero attached hydrogens (tertiary/aromatic N) is 2. The summed E-state index contributed by atoms with van der Waals surface area (Å²) >= 11 is 1.48. The molecule has 1 N–H and O–H groups in total. The van der Waals surface area contributed by atoms with E-state index in [9.17, 15) is 4.79 Å². The first-order chi connectivity index (χ1) is 9.74. The number of carbonyl (C=O) groups is 1. The molecule has 3 aromatic heterocycles. The molecule has 0 saturated carbocycles. The third kappa shape index (κ3) is 2.58. The topological polar surface area (TPSA) is 46.4 Å². The number of aromatic nitrogens is 2. The number of rotatable bonds is 4. The second-order valence-corrected chi connectivity index (χ2v) is 5.55. The van der Waals surface area contributed by atoms with Crippen molar-refractivity contribution in [3.05, 3.63) is 58.2 Å². The van der Waals surface area contributed by atoms with Gasteiger partial charge in [-0.25, -0.2) is 4.98 Å². The molecule has 3 aromatic rings. The van der Waals surface area contributed by atoms with Crippen molar-refractivity contribution in [1.82, 2.24) is 14.7 Å². The van der Waals surface area contributed by atoms with Crippen LogP contribution in [0.15, 0.2) is 42.0 Å². The van der Waals surface area contributed by atoms with Gasteiger partial charge in [-0.3, -0.25) is 4.79 Å². The highest BCUT2D eigenvalue weighted by Gasteiger charge is 2.09. The van der Waals surface area contributed by atoms with Crippen molar-refractivity contribution in [3.63, 3.8) is 0 Å². The maximum atomic E-state index is 12.0. The molecular formula is C15H15N3OS. The minimum atomic E-state index is 0.00117. The van der Waals surface area contributed by atoms with Crippen LogP contribution in [0.5, 0.6) is 0 Å². The molecule has 4 nitrogen and oxygen atoms in total. The van der Waals surface area contributed by atoms with Crippen LogP contribution in [-0.4, -0.2) is 21.8 Å². The Balaban J connectivity index is 1.60. The van der Waals surface area contributed by atoms with E-state index in [4.69, 9.17) is 0 Å². The van der Waals surface area contributed by atoms with E-state index in [1.165, 1.54) is 11.3 Å². The number of aryl methyl sites for hydroxylation is 1. The minimum Gasteiger partial charge on any atom is -0.351 e. The van der Waals surface area contributed by atoms with E-state index in [-0.39, 0.29) is 5.91 Å². The number of hydrogen-bond acceptors (Lipinski definition) is 3. The highest BCUT2D eigenvalue weighted by molar-refractivity contribution is 7.12. The fraction of sp³-hybridized carbons (Fsp3) is 0.200. The van der Waals surface area contributed by atoms with Gasteiger partial charge in [-0.15, -0.1) is 11.3 Å². The number of fused-ring (bicyclic) bond motifs is 1. The molecule has 0 aromatic carbocycles. The maximum Gasteiger partial charge on any atom is 0.261 e. The number of nitrogens with one attached hydrogen (secondary N) is 1. The normalized spacial score (nSPS) is 10.8. The summed E-state index contributed by atoms with van der Waals surface area (Å²) in [5.74, 6) is 0.00117. The molecule has 102 valence electrons. The summed E-state index contributed by atoms with van der Waals surface area (Å²) in [7, 11) is 0. The van der Waals surface area contributed by atoms with Crippen molar-refractivity contribution in [3.8, 4) is 0 Å². The second kappa shape index (κ2) is 5.46. The van der Waals surface area contributed by atoms with Crippen LogP contribution < -0.4 is 5.32 Å². The molecule has 0 aliphatic rings. The predicted octanol–water partition coefficient (Wildman–Crippen LogP) is 2.68. The van der Waals surface area contributed by atoms with Crippen molar-refractivity contribution in [2.75, 3.05) is 6.54 Å². The second-order valence-electron chi connectivity index (χ2n) is 4.64. The van der Waals surface area contributed by atoms with Crippen LogP contribution in [0, 0.1) is 6.92 Å². The lowest BCUT2D eigenvalue weighted by molar-refractivity contribution is 0.0957. The zero-order chi connectivity index (χ0) is 13.9. The van der Waals surface area contributed by atoms with Gasteiger partial charge in [0, 0.05) is 25.4 Å². The van der Waals surface area contributed by atoms with Crippen molar-refractivity contribution >= 4 is 22.9 Å². The SMILES string of the molecule is Cc1ccsc1C(=O)NCCc1cn2ccccc2n1.